The molecule has 2 aromatic rings. The predicted molar refractivity (Wildman–Crippen MR) is 93.2 cm³/mol. The highest BCUT2D eigenvalue weighted by Gasteiger charge is 2.24. The van der Waals surface area contributed by atoms with E-state index in [1.807, 2.05) is 0 Å². The molecule has 0 atom stereocenters. The first-order valence-corrected chi connectivity index (χ1v) is 7.24. The van der Waals surface area contributed by atoms with Gasteiger partial charge in [0.05, 0.1) is 12.0 Å². The van der Waals surface area contributed by atoms with Gasteiger partial charge in [-0.15, -0.1) is 6.42 Å². The van der Waals surface area contributed by atoms with E-state index in [1.54, 1.807) is 24.3 Å². The number of amides is 1. The van der Waals surface area contributed by atoms with Crippen LogP contribution in [0.25, 0.3) is 0 Å². The average molecular weight is 340 g/mol. The van der Waals surface area contributed by atoms with Crippen molar-refractivity contribution in [2.75, 3.05) is 25.7 Å². The molecule has 0 fully saturated rings. The van der Waals surface area contributed by atoms with Crippen molar-refractivity contribution in [2.24, 2.45) is 0 Å². The highest BCUT2D eigenvalue weighted by Crippen LogP contribution is 2.27. The first kappa shape index (κ1) is 17.8. The quantitative estimate of drug-likeness (QED) is 0.459. The van der Waals surface area contributed by atoms with Crippen LogP contribution in [0.5, 0.6) is 11.5 Å². The third-order valence-corrected chi connectivity index (χ3v) is 3.48. The Morgan fingerprint density at radius 1 is 1.24 bits per heavy atom. The molecular formula is C18H16N2O5. The molecule has 2 rings (SSSR count). The van der Waals surface area contributed by atoms with Crippen LogP contribution in [0.15, 0.2) is 42.5 Å². The Morgan fingerprint density at radius 2 is 1.88 bits per heavy atom. The SMILES string of the molecule is C#CCOc1ccc(N(C)C(=O)c2cc(OC)ccc2[N+](=O)[O-])cc1. The largest absolute Gasteiger partial charge is 0.497 e. The van der Waals surface area contributed by atoms with Gasteiger partial charge in [-0.2, -0.15) is 0 Å². The number of carbonyl (C=O) groups excluding carboxylic acids is 1. The molecule has 0 saturated heterocycles. The minimum absolute atomic E-state index is 0.0560. The van der Waals surface area contributed by atoms with Crippen molar-refractivity contribution in [1.82, 2.24) is 0 Å². The summed E-state index contributed by atoms with van der Waals surface area (Å²) in [6, 6.07) is 10.7. The lowest BCUT2D eigenvalue weighted by Gasteiger charge is -2.18. The van der Waals surface area contributed by atoms with Crippen LogP contribution in [-0.4, -0.2) is 31.6 Å². The van der Waals surface area contributed by atoms with Crippen molar-refractivity contribution in [1.29, 1.82) is 0 Å². The summed E-state index contributed by atoms with van der Waals surface area (Å²) in [7, 11) is 2.96. The summed E-state index contributed by atoms with van der Waals surface area (Å²) in [5.74, 6) is 2.76. The Morgan fingerprint density at radius 3 is 2.44 bits per heavy atom. The zero-order valence-electron chi connectivity index (χ0n) is 13.8. The Hall–Kier alpha value is -3.53. The Kier molecular flexibility index (Phi) is 5.58. The topological polar surface area (TPSA) is 81.9 Å². The molecule has 0 aromatic heterocycles. The van der Waals surface area contributed by atoms with Gasteiger partial charge >= 0.3 is 0 Å². The second-order valence-electron chi connectivity index (χ2n) is 4.99. The summed E-state index contributed by atoms with van der Waals surface area (Å²) in [6.45, 7) is 0.143. The highest BCUT2D eigenvalue weighted by atomic mass is 16.6. The van der Waals surface area contributed by atoms with E-state index in [0.29, 0.717) is 17.2 Å². The summed E-state index contributed by atoms with van der Waals surface area (Å²) in [4.78, 5) is 24.6. The van der Waals surface area contributed by atoms with E-state index in [4.69, 9.17) is 15.9 Å². The van der Waals surface area contributed by atoms with Gasteiger partial charge in [0.25, 0.3) is 11.6 Å². The molecule has 0 saturated carbocycles. The lowest BCUT2D eigenvalue weighted by atomic mass is 10.1. The van der Waals surface area contributed by atoms with E-state index >= 15 is 0 Å². The van der Waals surface area contributed by atoms with Gasteiger partial charge in [-0.05, 0) is 36.4 Å². The first-order chi connectivity index (χ1) is 12.0. The smallest absolute Gasteiger partial charge is 0.282 e. The minimum Gasteiger partial charge on any atom is -0.497 e. The van der Waals surface area contributed by atoms with Gasteiger partial charge in [0.2, 0.25) is 0 Å². The standard InChI is InChI=1S/C18H16N2O5/c1-4-11-25-14-7-5-13(6-8-14)19(2)18(21)16-12-15(24-3)9-10-17(16)20(22)23/h1,5-10,12H,11H2,2-3H3. The molecule has 7 heteroatoms. The van der Waals surface area contributed by atoms with Gasteiger partial charge in [0.1, 0.15) is 23.7 Å². The molecular weight excluding hydrogens is 324 g/mol. The maximum Gasteiger partial charge on any atom is 0.282 e. The second kappa shape index (κ2) is 7.84. The van der Waals surface area contributed by atoms with E-state index in [0.717, 1.165) is 0 Å². The van der Waals surface area contributed by atoms with E-state index in [-0.39, 0.29) is 17.9 Å². The molecule has 1 amide bonds. The van der Waals surface area contributed by atoms with E-state index in [1.165, 1.54) is 37.3 Å². The first-order valence-electron chi connectivity index (χ1n) is 7.24. The fraction of sp³-hybridized carbons (Fsp3) is 0.167. The number of terminal acetylenes is 1. The third-order valence-electron chi connectivity index (χ3n) is 3.48. The molecule has 0 spiro atoms. The number of benzene rings is 2. The number of nitro groups is 1. The Balaban J connectivity index is 2.30. The van der Waals surface area contributed by atoms with Gasteiger partial charge in [-0.1, -0.05) is 5.92 Å². The van der Waals surface area contributed by atoms with Crippen LogP contribution in [0.3, 0.4) is 0 Å². The lowest BCUT2D eigenvalue weighted by Crippen LogP contribution is -2.27. The van der Waals surface area contributed by atoms with Crippen molar-refractivity contribution in [2.45, 2.75) is 0 Å². The van der Waals surface area contributed by atoms with Crippen LogP contribution in [0.2, 0.25) is 0 Å². The average Bonchev–Trinajstić information content (AvgIpc) is 2.64. The summed E-state index contributed by atoms with van der Waals surface area (Å²) in [5, 5.41) is 11.2. The maximum absolute atomic E-state index is 12.7. The number of hydrogen-bond acceptors (Lipinski definition) is 5. The van der Waals surface area contributed by atoms with Crippen LogP contribution < -0.4 is 14.4 Å². The molecule has 0 aliphatic heterocycles. The molecule has 0 heterocycles. The Labute approximate surface area is 144 Å². The predicted octanol–water partition coefficient (Wildman–Crippen LogP) is 2.89. The number of ether oxygens (including phenoxy) is 2. The summed E-state index contributed by atoms with van der Waals surface area (Å²) in [6.07, 6.45) is 5.13. The van der Waals surface area contributed by atoms with Gasteiger partial charge in [0, 0.05) is 18.8 Å². The fourth-order valence-corrected chi connectivity index (χ4v) is 2.16. The fourth-order valence-electron chi connectivity index (χ4n) is 2.16. The molecule has 25 heavy (non-hydrogen) atoms. The summed E-state index contributed by atoms with van der Waals surface area (Å²) < 4.78 is 10.3. The van der Waals surface area contributed by atoms with Gasteiger partial charge in [-0.25, -0.2) is 0 Å². The maximum atomic E-state index is 12.7. The number of anilines is 1. The monoisotopic (exact) mass is 340 g/mol. The zero-order chi connectivity index (χ0) is 18.4. The van der Waals surface area contributed by atoms with Crippen LogP contribution in [0.1, 0.15) is 10.4 Å². The van der Waals surface area contributed by atoms with E-state index < -0.39 is 10.8 Å². The zero-order valence-corrected chi connectivity index (χ0v) is 13.8. The minimum atomic E-state index is -0.600. The van der Waals surface area contributed by atoms with Crippen molar-refractivity contribution in [3.05, 3.63) is 58.1 Å². The van der Waals surface area contributed by atoms with Crippen molar-refractivity contribution in [3.63, 3.8) is 0 Å². The highest BCUT2D eigenvalue weighted by molar-refractivity contribution is 6.08. The van der Waals surface area contributed by atoms with Gasteiger partial charge < -0.3 is 14.4 Å². The molecule has 0 aliphatic rings. The second-order valence-corrected chi connectivity index (χ2v) is 4.99. The van der Waals surface area contributed by atoms with Crippen LogP contribution in [0, 0.1) is 22.5 Å². The number of nitro benzene ring substituents is 1. The molecule has 0 radical (unpaired) electrons. The van der Waals surface area contributed by atoms with Gasteiger partial charge in [-0.3, -0.25) is 14.9 Å². The molecule has 128 valence electrons. The number of carbonyl (C=O) groups is 1. The van der Waals surface area contributed by atoms with Crippen LogP contribution >= 0.6 is 0 Å². The van der Waals surface area contributed by atoms with Crippen LogP contribution in [0.4, 0.5) is 11.4 Å². The number of nitrogens with zero attached hydrogens (tertiary/aromatic N) is 2. The number of methoxy groups -OCH3 is 1. The third kappa shape index (κ3) is 4.06. The Bertz CT molecular complexity index is 824. The van der Waals surface area contributed by atoms with Crippen molar-refractivity contribution < 1.29 is 19.2 Å². The molecule has 0 aliphatic carbocycles. The van der Waals surface area contributed by atoms with Crippen LogP contribution in [-0.2, 0) is 0 Å². The summed E-state index contributed by atoms with van der Waals surface area (Å²) >= 11 is 0. The summed E-state index contributed by atoms with van der Waals surface area (Å²) in [5.41, 5.74) is 0.210. The van der Waals surface area contributed by atoms with E-state index in [9.17, 15) is 14.9 Å². The normalized spacial score (nSPS) is 9.80. The van der Waals surface area contributed by atoms with Crippen molar-refractivity contribution >= 4 is 17.3 Å². The number of hydrogen-bond donors (Lipinski definition) is 0. The van der Waals surface area contributed by atoms with Gasteiger partial charge in [0.15, 0.2) is 0 Å². The molecule has 7 nitrogen and oxygen atoms in total. The molecule has 0 bridgehead atoms. The van der Waals surface area contributed by atoms with E-state index in [2.05, 4.69) is 5.92 Å². The van der Waals surface area contributed by atoms with Crippen molar-refractivity contribution in [3.8, 4) is 23.8 Å². The molecule has 0 unspecified atom stereocenters. The molecule has 0 N–H and O–H groups in total. The number of rotatable bonds is 6. The lowest BCUT2D eigenvalue weighted by molar-refractivity contribution is -0.385. The molecule has 2 aromatic carbocycles.